The zero-order chi connectivity index (χ0) is 15.7. The Bertz CT molecular complexity index is 788. The molecule has 1 aliphatic rings. The molecule has 1 saturated heterocycles. The van der Waals surface area contributed by atoms with Crippen molar-refractivity contribution in [2.24, 2.45) is 0 Å². The monoisotopic (exact) mass is 335 g/mol. The van der Waals surface area contributed by atoms with Crippen LogP contribution in [0.5, 0.6) is 0 Å². The average Bonchev–Trinajstić information content (AvgIpc) is 2.70. The second-order valence-corrected chi connectivity index (χ2v) is 7.72. The Morgan fingerprint density at radius 2 is 1.68 bits per heavy atom. The summed E-state index contributed by atoms with van der Waals surface area (Å²) in [6, 6.07) is 15.9. The molecule has 0 aromatic heterocycles. The number of hydrogen-bond donors (Lipinski definition) is 0. The fourth-order valence-electron chi connectivity index (χ4n) is 2.62. The first-order valence-electron chi connectivity index (χ1n) is 6.78. The second-order valence-electron chi connectivity index (χ2n) is 5.22. The highest BCUT2D eigenvalue weighted by Crippen LogP contribution is 2.35. The number of hydrogen-bond acceptors (Lipinski definition) is 3. The van der Waals surface area contributed by atoms with Crippen LogP contribution in [-0.4, -0.2) is 25.0 Å². The Balaban J connectivity index is 1.99. The molecule has 114 valence electrons. The van der Waals surface area contributed by atoms with Crippen molar-refractivity contribution in [2.45, 2.75) is 11.9 Å². The van der Waals surface area contributed by atoms with Crippen molar-refractivity contribution < 1.29 is 13.2 Å². The van der Waals surface area contributed by atoms with Gasteiger partial charge in [0.25, 0.3) is 0 Å². The SMILES string of the molecule is O=C1CS(=O)(=O)[C@H](c2ccc(Cl)cc2)N1Cc1ccccc1. The van der Waals surface area contributed by atoms with Crippen LogP contribution in [-0.2, 0) is 21.2 Å². The predicted octanol–water partition coefficient (Wildman–Crippen LogP) is 2.80. The number of benzene rings is 2. The number of rotatable bonds is 3. The molecule has 1 fully saturated rings. The molecule has 1 atom stereocenters. The van der Waals surface area contributed by atoms with Gasteiger partial charge in [-0.1, -0.05) is 54.1 Å². The van der Waals surface area contributed by atoms with E-state index in [2.05, 4.69) is 0 Å². The summed E-state index contributed by atoms with van der Waals surface area (Å²) < 4.78 is 24.7. The molecule has 0 unspecified atom stereocenters. The van der Waals surface area contributed by atoms with Gasteiger partial charge >= 0.3 is 0 Å². The van der Waals surface area contributed by atoms with E-state index in [1.165, 1.54) is 4.90 Å². The van der Waals surface area contributed by atoms with Gasteiger partial charge in [-0.25, -0.2) is 8.42 Å². The zero-order valence-electron chi connectivity index (χ0n) is 11.6. The molecule has 0 saturated carbocycles. The largest absolute Gasteiger partial charge is 0.317 e. The number of nitrogens with zero attached hydrogens (tertiary/aromatic N) is 1. The molecular formula is C16H14ClNO3S. The van der Waals surface area contributed by atoms with Crippen LogP contribution in [0.2, 0.25) is 5.02 Å². The highest BCUT2D eigenvalue weighted by atomic mass is 35.5. The van der Waals surface area contributed by atoms with E-state index in [4.69, 9.17) is 11.6 Å². The maximum atomic E-state index is 12.4. The van der Waals surface area contributed by atoms with E-state index in [0.717, 1.165) is 5.56 Å². The van der Waals surface area contributed by atoms with E-state index in [-0.39, 0.29) is 12.5 Å². The molecule has 1 aliphatic heterocycles. The second kappa shape index (κ2) is 5.74. The maximum absolute atomic E-state index is 12.4. The van der Waals surface area contributed by atoms with Crippen molar-refractivity contribution in [3.63, 3.8) is 0 Å². The van der Waals surface area contributed by atoms with E-state index in [1.807, 2.05) is 30.3 Å². The highest BCUT2D eigenvalue weighted by molar-refractivity contribution is 7.92. The smallest absolute Gasteiger partial charge is 0.239 e. The van der Waals surface area contributed by atoms with Gasteiger partial charge in [-0.3, -0.25) is 4.79 Å². The quantitative estimate of drug-likeness (QED) is 0.866. The molecule has 1 heterocycles. The minimum absolute atomic E-state index is 0.270. The zero-order valence-corrected chi connectivity index (χ0v) is 13.2. The Hall–Kier alpha value is -1.85. The topological polar surface area (TPSA) is 54.5 Å². The van der Waals surface area contributed by atoms with E-state index in [0.29, 0.717) is 10.6 Å². The van der Waals surface area contributed by atoms with Gasteiger partial charge in [0.15, 0.2) is 15.2 Å². The first-order valence-corrected chi connectivity index (χ1v) is 8.87. The van der Waals surface area contributed by atoms with Gasteiger partial charge in [-0.15, -0.1) is 0 Å². The molecule has 2 aromatic rings. The van der Waals surface area contributed by atoms with Gasteiger partial charge in [0.2, 0.25) is 5.91 Å². The van der Waals surface area contributed by atoms with Crippen LogP contribution < -0.4 is 0 Å². The van der Waals surface area contributed by atoms with E-state index < -0.39 is 21.0 Å². The molecule has 6 heteroatoms. The first kappa shape index (κ1) is 15.1. The van der Waals surface area contributed by atoms with Crippen LogP contribution in [0.3, 0.4) is 0 Å². The Morgan fingerprint density at radius 1 is 1.05 bits per heavy atom. The lowest BCUT2D eigenvalue weighted by molar-refractivity contribution is -0.128. The maximum Gasteiger partial charge on any atom is 0.239 e. The summed E-state index contributed by atoms with van der Waals surface area (Å²) in [5, 5.41) is -0.419. The van der Waals surface area contributed by atoms with Gasteiger partial charge in [0.1, 0.15) is 5.75 Å². The van der Waals surface area contributed by atoms with Crippen molar-refractivity contribution in [1.82, 2.24) is 4.90 Å². The third-order valence-corrected chi connectivity index (χ3v) is 5.73. The molecule has 0 spiro atoms. The predicted molar refractivity (Wildman–Crippen MR) is 85.0 cm³/mol. The van der Waals surface area contributed by atoms with Crippen molar-refractivity contribution in [3.8, 4) is 0 Å². The minimum atomic E-state index is -3.54. The summed E-state index contributed by atoms with van der Waals surface area (Å²) in [4.78, 5) is 13.6. The lowest BCUT2D eigenvalue weighted by Gasteiger charge is -2.24. The van der Waals surface area contributed by atoms with Crippen molar-refractivity contribution in [3.05, 3.63) is 70.7 Å². The molecule has 0 N–H and O–H groups in total. The summed E-state index contributed by atoms with van der Waals surface area (Å²) in [6.07, 6.45) is 0. The van der Waals surface area contributed by atoms with Gasteiger partial charge in [-0.05, 0) is 23.3 Å². The van der Waals surface area contributed by atoms with E-state index in [1.54, 1.807) is 24.3 Å². The number of carbonyl (C=O) groups excluding carboxylic acids is 1. The third-order valence-electron chi connectivity index (χ3n) is 3.62. The summed E-state index contributed by atoms with van der Waals surface area (Å²) in [5.74, 6) is -0.823. The Labute approximate surface area is 134 Å². The molecule has 22 heavy (non-hydrogen) atoms. The molecular weight excluding hydrogens is 322 g/mol. The van der Waals surface area contributed by atoms with Gasteiger partial charge in [-0.2, -0.15) is 0 Å². The Kier molecular flexibility index (Phi) is 3.93. The Morgan fingerprint density at radius 3 is 2.32 bits per heavy atom. The van der Waals surface area contributed by atoms with Crippen LogP contribution in [0, 0.1) is 0 Å². The summed E-state index contributed by atoms with van der Waals surface area (Å²) in [5.41, 5.74) is 1.46. The van der Waals surface area contributed by atoms with Crippen LogP contribution in [0.4, 0.5) is 0 Å². The van der Waals surface area contributed by atoms with Crippen LogP contribution in [0.25, 0.3) is 0 Å². The molecule has 0 radical (unpaired) electrons. The van der Waals surface area contributed by atoms with Crippen LogP contribution in [0.15, 0.2) is 54.6 Å². The van der Waals surface area contributed by atoms with Crippen molar-refractivity contribution in [2.75, 3.05) is 5.75 Å². The number of amides is 1. The lowest BCUT2D eigenvalue weighted by atomic mass is 10.1. The number of halogens is 1. The summed E-state index contributed by atoms with van der Waals surface area (Å²) >= 11 is 5.85. The molecule has 1 amide bonds. The van der Waals surface area contributed by atoms with Gasteiger partial charge < -0.3 is 4.90 Å². The van der Waals surface area contributed by atoms with Crippen LogP contribution in [0.1, 0.15) is 16.5 Å². The standard InChI is InChI=1S/C16H14ClNO3S/c17-14-8-6-13(7-9-14)16-18(15(19)11-22(16,20)21)10-12-4-2-1-3-5-12/h1-9,16H,10-11H2/t16-/m1/s1. The average molecular weight is 336 g/mol. The summed E-state index contributed by atoms with van der Waals surface area (Å²) in [6.45, 7) is 0.270. The van der Waals surface area contributed by atoms with E-state index >= 15 is 0 Å². The number of sulfone groups is 1. The lowest BCUT2D eigenvalue weighted by Crippen LogP contribution is -2.28. The fraction of sp³-hybridized carbons (Fsp3) is 0.188. The van der Waals surface area contributed by atoms with Crippen molar-refractivity contribution in [1.29, 1.82) is 0 Å². The third kappa shape index (κ3) is 2.87. The van der Waals surface area contributed by atoms with E-state index in [9.17, 15) is 13.2 Å². The molecule has 4 nitrogen and oxygen atoms in total. The normalized spacial score (nSPS) is 20.3. The minimum Gasteiger partial charge on any atom is -0.317 e. The van der Waals surface area contributed by atoms with Crippen molar-refractivity contribution >= 4 is 27.3 Å². The number of carbonyl (C=O) groups is 1. The molecule has 3 rings (SSSR count). The summed E-state index contributed by atoms with van der Waals surface area (Å²) in [7, 11) is -3.54. The fourth-order valence-corrected chi connectivity index (χ4v) is 4.57. The van der Waals surface area contributed by atoms with Gasteiger partial charge in [0, 0.05) is 11.6 Å². The molecule has 2 aromatic carbocycles. The van der Waals surface area contributed by atoms with Gasteiger partial charge in [0.05, 0.1) is 0 Å². The molecule has 0 aliphatic carbocycles. The van der Waals surface area contributed by atoms with Crippen LogP contribution >= 0.6 is 11.6 Å². The first-order chi connectivity index (χ1) is 10.5. The molecule has 0 bridgehead atoms. The highest BCUT2D eigenvalue weighted by Gasteiger charge is 2.44.